The smallest absolute Gasteiger partial charge is 0.121 e. The molecule has 1 N–H and O–H groups in total. The second-order valence-electron chi connectivity index (χ2n) is 4.97. The van der Waals surface area contributed by atoms with Crippen LogP contribution >= 0.6 is 0 Å². The van der Waals surface area contributed by atoms with Crippen LogP contribution < -0.4 is 10.1 Å². The summed E-state index contributed by atoms with van der Waals surface area (Å²) in [7, 11) is 1.69. The van der Waals surface area contributed by atoms with Gasteiger partial charge in [-0.15, -0.1) is 0 Å². The second kappa shape index (κ2) is 7.27. The van der Waals surface area contributed by atoms with Crippen molar-refractivity contribution >= 4 is 0 Å². The molecule has 1 heterocycles. The molecule has 0 aliphatic carbocycles. The van der Waals surface area contributed by atoms with Crippen molar-refractivity contribution in [2.45, 2.75) is 40.2 Å². The van der Waals surface area contributed by atoms with Crippen LogP contribution in [0.5, 0.6) is 5.75 Å². The summed E-state index contributed by atoms with van der Waals surface area (Å²) in [5.41, 5.74) is 4.85. The largest absolute Gasteiger partial charge is 0.497 e. The zero-order valence-corrected chi connectivity index (χ0v) is 13.4. The van der Waals surface area contributed by atoms with Crippen molar-refractivity contribution in [2.24, 2.45) is 0 Å². The van der Waals surface area contributed by atoms with E-state index in [2.05, 4.69) is 36.8 Å². The van der Waals surface area contributed by atoms with Crippen molar-refractivity contribution in [1.29, 1.82) is 0 Å². The third-order valence-corrected chi connectivity index (χ3v) is 3.69. The molecule has 0 aliphatic rings. The van der Waals surface area contributed by atoms with Crippen LogP contribution in [0.25, 0.3) is 5.69 Å². The molecule has 1 aromatic carbocycles. The Morgan fingerprint density at radius 1 is 1.19 bits per heavy atom. The van der Waals surface area contributed by atoms with E-state index in [4.69, 9.17) is 9.84 Å². The highest BCUT2D eigenvalue weighted by Gasteiger charge is 2.16. The van der Waals surface area contributed by atoms with Crippen LogP contribution in [0.4, 0.5) is 0 Å². The molecule has 0 spiro atoms. The minimum Gasteiger partial charge on any atom is -0.497 e. The van der Waals surface area contributed by atoms with Gasteiger partial charge in [0.05, 0.1) is 18.5 Å². The van der Waals surface area contributed by atoms with Gasteiger partial charge in [0.25, 0.3) is 0 Å². The molecule has 21 heavy (non-hydrogen) atoms. The van der Waals surface area contributed by atoms with Gasteiger partial charge in [-0.1, -0.05) is 26.8 Å². The van der Waals surface area contributed by atoms with Gasteiger partial charge < -0.3 is 10.1 Å². The average molecular weight is 287 g/mol. The number of hydrogen-bond donors (Lipinski definition) is 1. The number of aromatic nitrogens is 2. The van der Waals surface area contributed by atoms with Crippen LogP contribution in [0.15, 0.2) is 24.3 Å². The van der Waals surface area contributed by atoms with Crippen LogP contribution in [0.2, 0.25) is 0 Å². The normalized spacial score (nSPS) is 10.9. The zero-order chi connectivity index (χ0) is 15.2. The minimum atomic E-state index is 0.858. The summed E-state index contributed by atoms with van der Waals surface area (Å²) >= 11 is 0. The molecule has 0 amide bonds. The van der Waals surface area contributed by atoms with E-state index in [9.17, 15) is 0 Å². The van der Waals surface area contributed by atoms with Crippen molar-refractivity contribution in [3.8, 4) is 11.4 Å². The van der Waals surface area contributed by atoms with Gasteiger partial charge in [-0.2, -0.15) is 5.10 Å². The number of rotatable bonds is 7. The molecule has 0 bridgehead atoms. The van der Waals surface area contributed by atoms with Crippen molar-refractivity contribution in [2.75, 3.05) is 13.7 Å². The Labute approximate surface area is 127 Å². The molecule has 114 valence electrons. The molecule has 0 radical (unpaired) electrons. The van der Waals surface area contributed by atoms with E-state index in [1.807, 2.05) is 18.2 Å². The molecule has 2 aromatic rings. The lowest BCUT2D eigenvalue weighted by molar-refractivity contribution is 0.414. The molecule has 0 saturated carbocycles. The highest BCUT2D eigenvalue weighted by atomic mass is 16.5. The van der Waals surface area contributed by atoms with E-state index in [0.717, 1.165) is 37.4 Å². The maximum Gasteiger partial charge on any atom is 0.121 e. The van der Waals surface area contributed by atoms with Gasteiger partial charge in [-0.05, 0) is 31.5 Å². The first-order chi connectivity index (χ1) is 10.2. The van der Waals surface area contributed by atoms with Crippen LogP contribution in [0, 0.1) is 0 Å². The Hall–Kier alpha value is -1.81. The molecule has 1 aromatic heterocycles. The topological polar surface area (TPSA) is 39.1 Å². The summed E-state index contributed by atoms with van der Waals surface area (Å²) in [6.07, 6.45) is 1.91. The lowest BCUT2D eigenvalue weighted by Gasteiger charge is -2.09. The van der Waals surface area contributed by atoms with Crippen LogP contribution in [-0.4, -0.2) is 23.4 Å². The molecule has 0 saturated heterocycles. The Balaban J connectivity index is 2.49. The van der Waals surface area contributed by atoms with Gasteiger partial charge >= 0.3 is 0 Å². The third kappa shape index (κ3) is 3.27. The zero-order valence-electron chi connectivity index (χ0n) is 13.4. The van der Waals surface area contributed by atoms with Gasteiger partial charge in [-0.3, -0.25) is 0 Å². The molecule has 4 nitrogen and oxygen atoms in total. The third-order valence-electron chi connectivity index (χ3n) is 3.69. The van der Waals surface area contributed by atoms with Crippen LogP contribution in [0.3, 0.4) is 0 Å². The van der Waals surface area contributed by atoms with Crippen molar-refractivity contribution in [1.82, 2.24) is 15.1 Å². The van der Waals surface area contributed by atoms with E-state index < -0.39 is 0 Å². The van der Waals surface area contributed by atoms with Gasteiger partial charge in [0.1, 0.15) is 5.75 Å². The number of ether oxygens (including phenoxy) is 1. The van der Waals surface area contributed by atoms with Gasteiger partial charge in [-0.25, -0.2) is 4.68 Å². The Bertz CT molecular complexity index is 590. The maximum atomic E-state index is 5.32. The first-order valence-corrected chi connectivity index (χ1v) is 7.69. The molecular formula is C17H25N3O. The number of hydrogen-bond acceptors (Lipinski definition) is 3. The van der Waals surface area contributed by atoms with E-state index in [1.54, 1.807) is 7.11 Å². The lowest BCUT2D eigenvalue weighted by atomic mass is 10.1. The Morgan fingerprint density at radius 2 is 2.00 bits per heavy atom. The molecule has 0 unspecified atom stereocenters. The van der Waals surface area contributed by atoms with E-state index in [-0.39, 0.29) is 0 Å². The minimum absolute atomic E-state index is 0.858. The van der Waals surface area contributed by atoms with E-state index >= 15 is 0 Å². The number of nitrogens with zero attached hydrogens (tertiary/aromatic N) is 2. The Kier molecular flexibility index (Phi) is 5.39. The standard InChI is InChI=1S/C17H25N3O/c1-5-16-15(12-18-7-3)17(6-2)20(19-16)13-9-8-10-14(11-13)21-4/h8-11,18H,5-7,12H2,1-4H3. The van der Waals surface area contributed by atoms with E-state index in [0.29, 0.717) is 0 Å². The average Bonchev–Trinajstić information content (AvgIpc) is 2.90. The molecule has 0 atom stereocenters. The molecule has 0 aliphatic heterocycles. The predicted octanol–water partition coefficient (Wildman–Crippen LogP) is 3.12. The highest BCUT2D eigenvalue weighted by Crippen LogP contribution is 2.23. The summed E-state index contributed by atoms with van der Waals surface area (Å²) in [4.78, 5) is 0. The van der Waals surface area contributed by atoms with Gasteiger partial charge in [0.15, 0.2) is 0 Å². The Morgan fingerprint density at radius 3 is 2.62 bits per heavy atom. The second-order valence-corrected chi connectivity index (χ2v) is 4.97. The predicted molar refractivity (Wildman–Crippen MR) is 86.3 cm³/mol. The van der Waals surface area contributed by atoms with Crippen molar-refractivity contribution in [3.05, 3.63) is 41.2 Å². The fourth-order valence-electron chi connectivity index (χ4n) is 2.59. The first kappa shape index (κ1) is 15.6. The molecule has 2 rings (SSSR count). The maximum absolute atomic E-state index is 5.32. The molecule has 4 heteroatoms. The van der Waals surface area contributed by atoms with E-state index in [1.165, 1.54) is 17.0 Å². The van der Waals surface area contributed by atoms with Crippen molar-refractivity contribution in [3.63, 3.8) is 0 Å². The van der Waals surface area contributed by atoms with Crippen molar-refractivity contribution < 1.29 is 4.74 Å². The molecule has 0 fully saturated rings. The molecular weight excluding hydrogens is 262 g/mol. The number of methoxy groups -OCH3 is 1. The van der Waals surface area contributed by atoms with Gasteiger partial charge in [0.2, 0.25) is 0 Å². The summed E-state index contributed by atoms with van der Waals surface area (Å²) in [6, 6.07) is 8.07. The quantitative estimate of drug-likeness (QED) is 0.850. The number of benzene rings is 1. The summed E-state index contributed by atoms with van der Waals surface area (Å²) in [5, 5.41) is 8.24. The summed E-state index contributed by atoms with van der Waals surface area (Å²) in [5.74, 6) is 0.858. The number of nitrogens with one attached hydrogen (secondary N) is 1. The summed E-state index contributed by atoms with van der Waals surface area (Å²) in [6.45, 7) is 8.32. The monoisotopic (exact) mass is 287 g/mol. The SMILES string of the molecule is CCNCc1c(CC)nn(-c2cccc(OC)c2)c1CC. The first-order valence-electron chi connectivity index (χ1n) is 7.69. The highest BCUT2D eigenvalue weighted by molar-refractivity contribution is 5.42. The fourth-order valence-corrected chi connectivity index (χ4v) is 2.59. The lowest BCUT2D eigenvalue weighted by Crippen LogP contribution is -2.14. The fraction of sp³-hybridized carbons (Fsp3) is 0.471. The van der Waals surface area contributed by atoms with Gasteiger partial charge in [0, 0.05) is 23.9 Å². The number of aryl methyl sites for hydroxylation is 1. The van der Waals surface area contributed by atoms with Crippen LogP contribution in [0.1, 0.15) is 37.7 Å². The summed E-state index contributed by atoms with van der Waals surface area (Å²) < 4.78 is 7.39. The van der Waals surface area contributed by atoms with Crippen LogP contribution in [-0.2, 0) is 19.4 Å².